The van der Waals surface area contributed by atoms with Crippen molar-refractivity contribution in [3.63, 3.8) is 0 Å². The maximum atomic E-state index is 13.2. The van der Waals surface area contributed by atoms with Crippen molar-refractivity contribution in [2.75, 3.05) is 36.5 Å². The molecule has 3 amide bonds. The van der Waals surface area contributed by atoms with Crippen molar-refractivity contribution in [3.8, 4) is 0 Å². The van der Waals surface area contributed by atoms with Crippen LogP contribution in [0.4, 0.5) is 15.8 Å². The van der Waals surface area contributed by atoms with E-state index in [9.17, 15) is 18.8 Å². The Hall–Kier alpha value is -3.26. The summed E-state index contributed by atoms with van der Waals surface area (Å²) in [6, 6.07) is 13.9. The maximum absolute atomic E-state index is 13.2. The number of nitrogens with one attached hydrogen (secondary N) is 1. The van der Waals surface area contributed by atoms with Crippen LogP contribution in [-0.2, 0) is 25.5 Å². The van der Waals surface area contributed by atoms with Gasteiger partial charge in [-0.3, -0.25) is 14.4 Å². The summed E-state index contributed by atoms with van der Waals surface area (Å²) in [5, 5.41) is 2.77. The third-order valence-electron chi connectivity index (χ3n) is 7.68. The van der Waals surface area contributed by atoms with E-state index < -0.39 is 0 Å². The zero-order valence-corrected chi connectivity index (χ0v) is 20.4. The van der Waals surface area contributed by atoms with Crippen molar-refractivity contribution in [1.29, 1.82) is 0 Å². The quantitative estimate of drug-likeness (QED) is 0.685. The predicted octanol–water partition coefficient (Wildman–Crippen LogP) is 3.92. The number of rotatable bonds is 5. The standard InChI is InChI=1S/C28H32FN3O4/c29-22-7-5-20(6-8-22)17-21-11-16-36-28(18-21)12-14-31(15-13-28)26(34)9-10-27(35)32-19-25(33)30-23-3-1-2-4-24(23)32/h1-8,21H,9-19H2,(H,30,33). The summed E-state index contributed by atoms with van der Waals surface area (Å²) >= 11 is 0. The van der Waals surface area contributed by atoms with E-state index in [1.807, 2.05) is 23.1 Å². The summed E-state index contributed by atoms with van der Waals surface area (Å²) in [7, 11) is 0. The minimum absolute atomic E-state index is 0.0350. The number of amides is 3. The van der Waals surface area contributed by atoms with Gasteiger partial charge in [-0.1, -0.05) is 24.3 Å². The van der Waals surface area contributed by atoms with Gasteiger partial charge in [0.15, 0.2) is 0 Å². The molecule has 190 valence electrons. The van der Waals surface area contributed by atoms with Crippen molar-refractivity contribution in [2.24, 2.45) is 5.92 Å². The number of ether oxygens (including phenoxy) is 1. The zero-order chi connectivity index (χ0) is 25.1. The van der Waals surface area contributed by atoms with Crippen LogP contribution in [-0.4, -0.2) is 54.5 Å². The zero-order valence-electron chi connectivity index (χ0n) is 20.4. The molecule has 3 aliphatic rings. The van der Waals surface area contributed by atoms with Gasteiger partial charge in [0.1, 0.15) is 12.4 Å². The van der Waals surface area contributed by atoms with Gasteiger partial charge in [-0.25, -0.2) is 4.39 Å². The number of carbonyl (C=O) groups is 3. The van der Waals surface area contributed by atoms with Gasteiger partial charge in [0, 0.05) is 32.5 Å². The van der Waals surface area contributed by atoms with E-state index >= 15 is 0 Å². The number of hydrogen-bond donors (Lipinski definition) is 1. The number of hydrogen-bond acceptors (Lipinski definition) is 4. The van der Waals surface area contributed by atoms with Crippen LogP contribution in [0, 0.1) is 11.7 Å². The van der Waals surface area contributed by atoms with Gasteiger partial charge in [-0.2, -0.15) is 0 Å². The van der Waals surface area contributed by atoms with Gasteiger partial charge < -0.3 is 19.9 Å². The first-order chi connectivity index (χ1) is 17.4. The van der Waals surface area contributed by atoms with Gasteiger partial charge in [0.2, 0.25) is 17.7 Å². The molecule has 2 saturated heterocycles. The van der Waals surface area contributed by atoms with Gasteiger partial charge in [0.25, 0.3) is 0 Å². The van der Waals surface area contributed by atoms with E-state index in [0.29, 0.717) is 37.0 Å². The molecule has 2 aromatic rings. The van der Waals surface area contributed by atoms with Crippen LogP contribution >= 0.6 is 0 Å². The molecule has 0 radical (unpaired) electrons. The lowest BCUT2D eigenvalue weighted by Crippen LogP contribution is -2.51. The van der Waals surface area contributed by atoms with E-state index in [4.69, 9.17) is 4.74 Å². The second-order valence-corrected chi connectivity index (χ2v) is 10.1. The molecule has 1 N–H and O–H groups in total. The minimum Gasteiger partial charge on any atom is -0.375 e. The largest absolute Gasteiger partial charge is 0.375 e. The van der Waals surface area contributed by atoms with E-state index in [0.717, 1.165) is 37.7 Å². The molecule has 0 saturated carbocycles. The molecular weight excluding hydrogens is 461 g/mol. The van der Waals surface area contributed by atoms with Crippen molar-refractivity contribution >= 4 is 29.1 Å². The van der Waals surface area contributed by atoms with E-state index in [1.165, 1.54) is 17.0 Å². The topological polar surface area (TPSA) is 79.0 Å². The summed E-state index contributed by atoms with van der Waals surface area (Å²) in [4.78, 5) is 41.1. The minimum atomic E-state index is -0.236. The Bertz CT molecular complexity index is 1130. The molecule has 1 unspecified atom stereocenters. The molecule has 1 spiro atoms. The van der Waals surface area contributed by atoms with Crippen LogP contribution in [0.1, 0.15) is 44.1 Å². The fraction of sp³-hybridized carbons (Fsp3) is 0.464. The van der Waals surface area contributed by atoms with E-state index in [2.05, 4.69) is 5.32 Å². The molecule has 3 heterocycles. The Kier molecular flexibility index (Phi) is 7.05. The average molecular weight is 494 g/mol. The normalized spacial score (nSPS) is 21.1. The Balaban J connectivity index is 1.11. The predicted molar refractivity (Wildman–Crippen MR) is 134 cm³/mol. The smallest absolute Gasteiger partial charge is 0.244 e. The van der Waals surface area contributed by atoms with Crippen LogP contribution in [0.5, 0.6) is 0 Å². The summed E-state index contributed by atoms with van der Waals surface area (Å²) in [5.41, 5.74) is 2.21. The Morgan fingerprint density at radius 1 is 1.03 bits per heavy atom. The second kappa shape index (κ2) is 10.4. The molecule has 8 heteroatoms. The van der Waals surface area contributed by atoms with Crippen molar-refractivity contribution in [3.05, 3.63) is 59.9 Å². The first-order valence-electron chi connectivity index (χ1n) is 12.8. The number of halogens is 1. The van der Waals surface area contributed by atoms with Gasteiger partial charge >= 0.3 is 0 Å². The van der Waals surface area contributed by atoms with Crippen LogP contribution in [0.15, 0.2) is 48.5 Å². The monoisotopic (exact) mass is 493 g/mol. The molecule has 36 heavy (non-hydrogen) atoms. The molecular formula is C28H32FN3O4. The second-order valence-electron chi connectivity index (χ2n) is 10.1. The van der Waals surface area contributed by atoms with Gasteiger partial charge in [-0.15, -0.1) is 0 Å². The highest BCUT2D eigenvalue weighted by Crippen LogP contribution is 2.39. The maximum Gasteiger partial charge on any atom is 0.244 e. The Morgan fingerprint density at radius 3 is 2.53 bits per heavy atom. The first-order valence-corrected chi connectivity index (χ1v) is 12.8. The van der Waals surface area contributed by atoms with Crippen LogP contribution in [0.25, 0.3) is 0 Å². The van der Waals surface area contributed by atoms with Crippen molar-refractivity contribution < 1.29 is 23.5 Å². The third kappa shape index (κ3) is 5.43. The molecule has 1 atom stereocenters. The SMILES string of the molecule is O=C1CN(C(=O)CCC(=O)N2CCC3(CC2)CC(Cc2ccc(F)cc2)CCO3)c2ccccc2N1. The first kappa shape index (κ1) is 24.4. The Morgan fingerprint density at radius 2 is 1.75 bits per heavy atom. The molecule has 7 nitrogen and oxygen atoms in total. The molecule has 5 rings (SSSR count). The van der Waals surface area contributed by atoms with Crippen molar-refractivity contribution in [1.82, 2.24) is 4.90 Å². The van der Waals surface area contributed by atoms with Gasteiger partial charge in [0.05, 0.1) is 17.0 Å². The molecule has 0 bridgehead atoms. The fourth-order valence-corrected chi connectivity index (χ4v) is 5.73. The Labute approximate surface area is 210 Å². The number of piperidine rings is 1. The number of benzene rings is 2. The highest BCUT2D eigenvalue weighted by atomic mass is 19.1. The highest BCUT2D eigenvalue weighted by molar-refractivity contribution is 6.10. The molecule has 3 aliphatic heterocycles. The summed E-state index contributed by atoms with van der Waals surface area (Å²) in [6.07, 6.45) is 4.60. The number of carbonyl (C=O) groups excluding carboxylic acids is 3. The number of fused-ring (bicyclic) bond motifs is 1. The lowest BCUT2D eigenvalue weighted by Gasteiger charge is -2.46. The van der Waals surface area contributed by atoms with Crippen LogP contribution in [0.2, 0.25) is 0 Å². The highest BCUT2D eigenvalue weighted by Gasteiger charge is 2.41. The molecule has 0 aliphatic carbocycles. The number of nitrogens with zero attached hydrogens (tertiary/aromatic N) is 2. The number of likely N-dealkylation sites (tertiary alicyclic amines) is 1. The van der Waals surface area contributed by atoms with E-state index in [1.54, 1.807) is 18.2 Å². The van der Waals surface area contributed by atoms with Crippen LogP contribution < -0.4 is 10.2 Å². The third-order valence-corrected chi connectivity index (χ3v) is 7.68. The van der Waals surface area contributed by atoms with Crippen LogP contribution in [0.3, 0.4) is 0 Å². The fourth-order valence-electron chi connectivity index (χ4n) is 5.73. The number of para-hydroxylation sites is 2. The molecule has 2 aromatic carbocycles. The summed E-state index contributed by atoms with van der Waals surface area (Å²) in [5.74, 6) is -0.231. The summed E-state index contributed by atoms with van der Waals surface area (Å²) in [6.45, 7) is 1.91. The lowest BCUT2D eigenvalue weighted by molar-refractivity contribution is -0.147. The number of anilines is 2. The average Bonchev–Trinajstić information content (AvgIpc) is 2.88. The van der Waals surface area contributed by atoms with E-state index in [-0.39, 0.29) is 48.5 Å². The summed E-state index contributed by atoms with van der Waals surface area (Å²) < 4.78 is 19.5. The van der Waals surface area contributed by atoms with Gasteiger partial charge in [-0.05, 0) is 67.9 Å². The van der Waals surface area contributed by atoms with Crippen molar-refractivity contribution in [2.45, 2.75) is 50.5 Å². The molecule has 2 fully saturated rings. The molecule has 0 aromatic heterocycles. The lowest BCUT2D eigenvalue weighted by atomic mass is 9.77.